The van der Waals surface area contributed by atoms with Crippen molar-refractivity contribution in [2.45, 2.75) is 6.04 Å². The minimum Gasteiger partial charge on any atom is -0.309 e. The molecule has 0 saturated heterocycles. The van der Waals surface area contributed by atoms with Crippen LogP contribution in [0.4, 0.5) is 13.2 Å². The molecule has 0 spiro atoms. The monoisotopic (exact) mass is 330 g/mol. The lowest BCUT2D eigenvalue weighted by atomic mass is 9.99. The molecule has 0 aliphatic heterocycles. The number of rotatable bonds is 3. The van der Waals surface area contributed by atoms with Gasteiger partial charge in [-0.1, -0.05) is 15.9 Å². The van der Waals surface area contributed by atoms with Crippen LogP contribution in [0, 0.1) is 17.5 Å². The van der Waals surface area contributed by atoms with Gasteiger partial charge in [0.15, 0.2) is 0 Å². The zero-order chi connectivity index (χ0) is 14.0. The van der Waals surface area contributed by atoms with E-state index >= 15 is 0 Å². The fourth-order valence-corrected chi connectivity index (χ4v) is 2.29. The summed E-state index contributed by atoms with van der Waals surface area (Å²) in [4.78, 5) is 3.69. The van der Waals surface area contributed by atoms with Gasteiger partial charge < -0.3 is 5.32 Å². The summed E-state index contributed by atoms with van der Waals surface area (Å²) < 4.78 is 41.3. The second-order valence-corrected chi connectivity index (χ2v) is 4.86. The predicted octanol–water partition coefficient (Wildman–Crippen LogP) is 3.57. The molecule has 0 amide bonds. The van der Waals surface area contributed by atoms with Gasteiger partial charge in [0.05, 0.1) is 12.2 Å². The SMILES string of the molecule is CNC(c1cncc(F)c1)c1c(F)cc(Br)cc1F. The highest BCUT2D eigenvalue weighted by atomic mass is 79.9. The van der Waals surface area contributed by atoms with Gasteiger partial charge in [0.1, 0.15) is 17.5 Å². The van der Waals surface area contributed by atoms with E-state index in [1.807, 2.05) is 0 Å². The van der Waals surface area contributed by atoms with Crippen molar-refractivity contribution in [1.29, 1.82) is 0 Å². The van der Waals surface area contributed by atoms with Crippen molar-refractivity contribution in [2.24, 2.45) is 0 Å². The van der Waals surface area contributed by atoms with Crippen LogP contribution in [0.2, 0.25) is 0 Å². The van der Waals surface area contributed by atoms with Crippen LogP contribution in [0.15, 0.2) is 35.1 Å². The van der Waals surface area contributed by atoms with Crippen molar-refractivity contribution in [3.05, 3.63) is 63.6 Å². The quantitative estimate of drug-likeness (QED) is 0.930. The van der Waals surface area contributed by atoms with E-state index in [1.54, 1.807) is 0 Å². The van der Waals surface area contributed by atoms with Gasteiger partial charge >= 0.3 is 0 Å². The minimum atomic E-state index is -0.809. The molecule has 0 bridgehead atoms. The molecule has 2 rings (SSSR count). The smallest absolute Gasteiger partial charge is 0.141 e. The average Bonchev–Trinajstić information content (AvgIpc) is 2.33. The van der Waals surface area contributed by atoms with Crippen LogP contribution < -0.4 is 5.32 Å². The van der Waals surface area contributed by atoms with Crippen LogP contribution in [0.3, 0.4) is 0 Å². The Morgan fingerprint density at radius 3 is 2.26 bits per heavy atom. The molecule has 19 heavy (non-hydrogen) atoms. The molecule has 1 atom stereocenters. The Labute approximate surface area is 116 Å². The number of pyridine rings is 1. The highest BCUT2D eigenvalue weighted by Crippen LogP contribution is 2.29. The highest BCUT2D eigenvalue weighted by molar-refractivity contribution is 9.10. The van der Waals surface area contributed by atoms with Gasteiger partial charge in [-0.3, -0.25) is 4.98 Å². The topological polar surface area (TPSA) is 24.9 Å². The van der Waals surface area contributed by atoms with E-state index in [4.69, 9.17) is 0 Å². The second kappa shape index (κ2) is 5.71. The first-order valence-corrected chi connectivity index (χ1v) is 6.24. The molecule has 2 aromatic rings. The number of halogens is 4. The third-order valence-corrected chi connectivity index (χ3v) is 3.14. The average molecular weight is 331 g/mol. The lowest BCUT2D eigenvalue weighted by molar-refractivity contribution is 0.518. The van der Waals surface area contributed by atoms with Crippen LogP contribution >= 0.6 is 15.9 Å². The van der Waals surface area contributed by atoms with Gasteiger partial charge in [-0.25, -0.2) is 13.2 Å². The Bertz CT molecular complexity index is 581. The van der Waals surface area contributed by atoms with Crippen LogP contribution in [0.1, 0.15) is 17.2 Å². The molecule has 1 N–H and O–H groups in total. The maximum Gasteiger partial charge on any atom is 0.141 e. The molecule has 0 aliphatic rings. The largest absolute Gasteiger partial charge is 0.309 e. The van der Waals surface area contributed by atoms with Gasteiger partial charge in [0, 0.05) is 16.2 Å². The van der Waals surface area contributed by atoms with Crippen LogP contribution in [0.25, 0.3) is 0 Å². The Balaban J connectivity index is 2.54. The summed E-state index contributed by atoms with van der Waals surface area (Å²) in [5, 5.41) is 2.76. The van der Waals surface area contributed by atoms with Crippen molar-refractivity contribution in [1.82, 2.24) is 10.3 Å². The summed E-state index contributed by atoms with van der Waals surface area (Å²) in [5.74, 6) is -1.98. The Morgan fingerprint density at radius 1 is 1.11 bits per heavy atom. The summed E-state index contributed by atoms with van der Waals surface area (Å²) in [6.45, 7) is 0. The van der Waals surface area contributed by atoms with Crippen molar-refractivity contribution >= 4 is 15.9 Å². The predicted molar refractivity (Wildman–Crippen MR) is 69.2 cm³/mol. The third-order valence-electron chi connectivity index (χ3n) is 2.68. The summed E-state index contributed by atoms with van der Waals surface area (Å²) in [6, 6.07) is 2.70. The fraction of sp³-hybridized carbons (Fsp3) is 0.154. The molecule has 0 fully saturated rings. The van der Waals surface area contributed by atoms with Gasteiger partial charge in [-0.05, 0) is 30.8 Å². The zero-order valence-corrected chi connectivity index (χ0v) is 11.5. The van der Waals surface area contributed by atoms with E-state index in [0.717, 1.165) is 18.3 Å². The first-order chi connectivity index (χ1) is 9.02. The first kappa shape index (κ1) is 14.0. The number of nitrogens with zero attached hydrogens (tertiary/aromatic N) is 1. The fourth-order valence-electron chi connectivity index (χ4n) is 1.89. The molecule has 6 heteroatoms. The van der Waals surface area contributed by atoms with E-state index in [2.05, 4.69) is 26.2 Å². The standard InChI is InChI=1S/C13H10BrF3N2/c1-18-13(7-2-9(15)6-19-5-7)12-10(16)3-8(14)4-11(12)17/h2-6,13,18H,1H3. The molecular weight excluding hydrogens is 321 g/mol. The molecule has 2 nitrogen and oxygen atoms in total. The number of aromatic nitrogens is 1. The summed E-state index contributed by atoms with van der Waals surface area (Å²) in [7, 11) is 1.54. The van der Waals surface area contributed by atoms with Gasteiger partial charge in [0.25, 0.3) is 0 Å². The number of hydrogen-bond donors (Lipinski definition) is 1. The van der Waals surface area contributed by atoms with Crippen LogP contribution in [-0.4, -0.2) is 12.0 Å². The Hall–Kier alpha value is -1.40. The summed E-state index contributed by atoms with van der Waals surface area (Å²) in [6.07, 6.45) is 2.40. The Kier molecular flexibility index (Phi) is 4.21. The van der Waals surface area contributed by atoms with E-state index in [1.165, 1.54) is 19.3 Å². The normalized spacial score (nSPS) is 12.5. The van der Waals surface area contributed by atoms with Crippen LogP contribution in [0.5, 0.6) is 0 Å². The Morgan fingerprint density at radius 2 is 1.74 bits per heavy atom. The van der Waals surface area contributed by atoms with Crippen molar-refractivity contribution < 1.29 is 13.2 Å². The molecule has 0 saturated carbocycles. The molecule has 100 valence electrons. The van der Waals surface area contributed by atoms with Crippen molar-refractivity contribution in [2.75, 3.05) is 7.05 Å². The lowest BCUT2D eigenvalue weighted by Gasteiger charge is -2.18. The molecule has 1 unspecified atom stereocenters. The lowest BCUT2D eigenvalue weighted by Crippen LogP contribution is -2.21. The van der Waals surface area contributed by atoms with E-state index in [9.17, 15) is 13.2 Å². The van der Waals surface area contributed by atoms with Gasteiger partial charge in [0.2, 0.25) is 0 Å². The second-order valence-electron chi connectivity index (χ2n) is 3.94. The van der Waals surface area contributed by atoms with E-state index in [-0.39, 0.29) is 5.56 Å². The zero-order valence-electron chi connectivity index (χ0n) is 9.92. The molecule has 1 aromatic heterocycles. The molecule has 1 heterocycles. The van der Waals surface area contributed by atoms with E-state index < -0.39 is 23.5 Å². The minimum absolute atomic E-state index is 0.168. The maximum atomic E-state index is 13.9. The van der Waals surface area contributed by atoms with Crippen LogP contribution in [-0.2, 0) is 0 Å². The summed E-state index contributed by atoms with van der Waals surface area (Å²) >= 11 is 3.01. The number of hydrogen-bond acceptors (Lipinski definition) is 2. The third kappa shape index (κ3) is 2.96. The molecule has 1 aromatic carbocycles. The van der Waals surface area contributed by atoms with E-state index in [0.29, 0.717) is 10.0 Å². The van der Waals surface area contributed by atoms with Crippen molar-refractivity contribution in [3.8, 4) is 0 Å². The van der Waals surface area contributed by atoms with Crippen molar-refractivity contribution in [3.63, 3.8) is 0 Å². The highest BCUT2D eigenvalue weighted by Gasteiger charge is 2.22. The van der Waals surface area contributed by atoms with Gasteiger partial charge in [-0.15, -0.1) is 0 Å². The molecular formula is C13H10BrF3N2. The first-order valence-electron chi connectivity index (χ1n) is 5.45. The summed E-state index contributed by atoms with van der Waals surface area (Å²) in [5.41, 5.74) is 0.181. The molecule has 0 aliphatic carbocycles. The maximum absolute atomic E-state index is 13.9. The number of benzene rings is 1. The van der Waals surface area contributed by atoms with Gasteiger partial charge in [-0.2, -0.15) is 0 Å². The molecule has 0 radical (unpaired) electrons. The number of nitrogens with one attached hydrogen (secondary N) is 1.